The summed E-state index contributed by atoms with van der Waals surface area (Å²) in [6.07, 6.45) is 1.59. The van der Waals surface area contributed by atoms with E-state index in [9.17, 15) is 0 Å². The van der Waals surface area contributed by atoms with E-state index in [1.165, 1.54) is 5.56 Å². The number of benzene rings is 1. The summed E-state index contributed by atoms with van der Waals surface area (Å²) in [7, 11) is 0. The molecule has 1 N–H and O–H groups in total. The highest BCUT2D eigenvalue weighted by Gasteiger charge is 2.18. The number of nitrogens with one attached hydrogen (secondary N) is 1. The molecule has 0 amide bonds. The minimum absolute atomic E-state index is 0.0239. The molecular formula is C17H21ClN2O. The van der Waals surface area contributed by atoms with Crippen LogP contribution in [0.4, 0.5) is 0 Å². The Bertz CT molecular complexity index is 540. The zero-order chi connectivity index (χ0) is 15.1. The number of halogens is 1. The zero-order valence-corrected chi connectivity index (χ0v) is 13.2. The number of nitrogens with zero attached hydrogens (tertiary/aromatic N) is 1. The predicted molar refractivity (Wildman–Crippen MR) is 86.7 cm³/mol. The largest absolute Gasteiger partial charge is 0.477 e. The molecule has 0 spiro atoms. The van der Waals surface area contributed by atoms with Crippen LogP contribution in [-0.4, -0.2) is 18.1 Å². The van der Waals surface area contributed by atoms with E-state index in [2.05, 4.69) is 48.4 Å². The minimum Gasteiger partial charge on any atom is -0.477 e. The lowest BCUT2D eigenvalue weighted by Crippen LogP contribution is -2.34. The summed E-state index contributed by atoms with van der Waals surface area (Å²) in [5.41, 5.74) is 1.31. The third-order valence-electron chi connectivity index (χ3n) is 3.09. The van der Waals surface area contributed by atoms with Gasteiger partial charge in [0.15, 0.2) is 0 Å². The summed E-state index contributed by atoms with van der Waals surface area (Å²) < 4.78 is 5.72. The molecule has 3 nitrogen and oxygen atoms in total. The van der Waals surface area contributed by atoms with Crippen LogP contribution in [0, 0.1) is 5.41 Å². The first-order valence-electron chi connectivity index (χ1n) is 7.04. The van der Waals surface area contributed by atoms with Gasteiger partial charge in [-0.25, -0.2) is 4.98 Å². The van der Waals surface area contributed by atoms with E-state index in [-0.39, 0.29) is 5.41 Å². The molecule has 1 aromatic carbocycles. The van der Waals surface area contributed by atoms with Gasteiger partial charge in [0.05, 0.1) is 11.6 Å². The monoisotopic (exact) mass is 304 g/mol. The molecule has 2 aromatic rings. The standard InChI is InChI=1S/C17H21ClN2O/c1-17(2,12-19-10-14-6-4-3-5-7-14)13-21-16-9-8-15(18)11-20-16/h3-9,11,19H,10,12-13H2,1-2H3. The number of aromatic nitrogens is 1. The van der Waals surface area contributed by atoms with Crippen molar-refractivity contribution in [2.75, 3.05) is 13.2 Å². The number of ether oxygens (including phenoxy) is 1. The molecule has 4 heteroatoms. The van der Waals surface area contributed by atoms with Crippen molar-refractivity contribution in [2.45, 2.75) is 20.4 Å². The number of pyridine rings is 1. The van der Waals surface area contributed by atoms with Gasteiger partial charge in [-0.15, -0.1) is 0 Å². The minimum atomic E-state index is 0.0239. The van der Waals surface area contributed by atoms with Gasteiger partial charge in [0.2, 0.25) is 5.88 Å². The van der Waals surface area contributed by atoms with Crippen molar-refractivity contribution in [3.05, 3.63) is 59.2 Å². The van der Waals surface area contributed by atoms with Gasteiger partial charge in [-0.1, -0.05) is 55.8 Å². The van der Waals surface area contributed by atoms with E-state index < -0.39 is 0 Å². The number of hydrogen-bond donors (Lipinski definition) is 1. The maximum atomic E-state index is 5.80. The van der Waals surface area contributed by atoms with Crippen molar-refractivity contribution in [3.63, 3.8) is 0 Å². The molecule has 0 unspecified atom stereocenters. The second kappa shape index (κ2) is 7.43. The predicted octanol–water partition coefficient (Wildman–Crippen LogP) is 3.93. The molecule has 2 rings (SSSR count). The molecular weight excluding hydrogens is 284 g/mol. The third-order valence-corrected chi connectivity index (χ3v) is 3.31. The molecule has 0 fully saturated rings. The van der Waals surface area contributed by atoms with E-state index in [0.29, 0.717) is 17.5 Å². The Hall–Kier alpha value is -1.58. The Kier molecular flexibility index (Phi) is 5.59. The highest BCUT2D eigenvalue weighted by molar-refractivity contribution is 6.30. The lowest BCUT2D eigenvalue weighted by molar-refractivity contribution is 0.170. The van der Waals surface area contributed by atoms with Crippen molar-refractivity contribution in [2.24, 2.45) is 5.41 Å². The third kappa shape index (κ3) is 5.74. The summed E-state index contributed by atoms with van der Waals surface area (Å²) in [6, 6.07) is 13.9. The first-order chi connectivity index (χ1) is 10.1. The molecule has 0 saturated heterocycles. The molecule has 0 atom stereocenters. The Morgan fingerprint density at radius 1 is 1.14 bits per heavy atom. The van der Waals surface area contributed by atoms with Gasteiger partial charge in [-0.2, -0.15) is 0 Å². The first kappa shape index (κ1) is 15.8. The summed E-state index contributed by atoms with van der Waals surface area (Å²) in [5, 5.41) is 4.08. The molecule has 0 aliphatic carbocycles. The lowest BCUT2D eigenvalue weighted by Gasteiger charge is -2.25. The van der Waals surface area contributed by atoms with Crippen molar-refractivity contribution in [3.8, 4) is 5.88 Å². The van der Waals surface area contributed by atoms with Crippen LogP contribution in [0.1, 0.15) is 19.4 Å². The first-order valence-corrected chi connectivity index (χ1v) is 7.42. The fraction of sp³-hybridized carbons (Fsp3) is 0.353. The van der Waals surface area contributed by atoms with Gasteiger partial charge >= 0.3 is 0 Å². The molecule has 0 aliphatic heterocycles. The van der Waals surface area contributed by atoms with Gasteiger partial charge in [0.1, 0.15) is 0 Å². The number of rotatable bonds is 7. The van der Waals surface area contributed by atoms with Crippen molar-refractivity contribution in [1.82, 2.24) is 10.3 Å². The highest BCUT2D eigenvalue weighted by atomic mass is 35.5. The molecule has 1 heterocycles. The van der Waals surface area contributed by atoms with Crippen LogP contribution in [0.15, 0.2) is 48.7 Å². The van der Waals surface area contributed by atoms with Gasteiger partial charge in [0.25, 0.3) is 0 Å². The zero-order valence-electron chi connectivity index (χ0n) is 12.5. The van der Waals surface area contributed by atoms with Gasteiger partial charge in [-0.05, 0) is 11.6 Å². The van der Waals surface area contributed by atoms with Crippen LogP contribution in [-0.2, 0) is 6.54 Å². The van der Waals surface area contributed by atoms with Crippen LogP contribution >= 0.6 is 11.6 Å². The molecule has 0 saturated carbocycles. The maximum absolute atomic E-state index is 5.80. The molecule has 0 radical (unpaired) electrons. The summed E-state index contributed by atoms with van der Waals surface area (Å²) in [5.74, 6) is 0.607. The summed E-state index contributed by atoms with van der Waals surface area (Å²) in [6.45, 7) is 6.67. The van der Waals surface area contributed by atoms with Gasteiger partial charge in [0, 0.05) is 30.8 Å². The van der Waals surface area contributed by atoms with E-state index in [1.54, 1.807) is 18.3 Å². The topological polar surface area (TPSA) is 34.1 Å². The normalized spacial score (nSPS) is 11.4. The van der Waals surface area contributed by atoms with E-state index in [0.717, 1.165) is 13.1 Å². The second-order valence-corrected chi connectivity index (χ2v) is 6.29. The smallest absolute Gasteiger partial charge is 0.213 e. The van der Waals surface area contributed by atoms with Crippen LogP contribution in [0.5, 0.6) is 5.88 Å². The SMILES string of the molecule is CC(C)(CNCc1ccccc1)COc1ccc(Cl)cn1. The fourth-order valence-corrected chi connectivity index (χ4v) is 2.02. The molecule has 1 aromatic heterocycles. The lowest BCUT2D eigenvalue weighted by atomic mass is 9.95. The van der Waals surface area contributed by atoms with Crippen molar-refractivity contribution in [1.29, 1.82) is 0 Å². The summed E-state index contributed by atoms with van der Waals surface area (Å²) in [4.78, 5) is 4.13. The van der Waals surface area contributed by atoms with Gasteiger partial charge in [-0.3, -0.25) is 0 Å². The van der Waals surface area contributed by atoms with Crippen LogP contribution in [0.2, 0.25) is 5.02 Å². The molecule has 0 bridgehead atoms. The van der Waals surface area contributed by atoms with E-state index >= 15 is 0 Å². The van der Waals surface area contributed by atoms with Gasteiger partial charge < -0.3 is 10.1 Å². The van der Waals surface area contributed by atoms with Crippen molar-refractivity contribution < 1.29 is 4.74 Å². The average molecular weight is 305 g/mol. The second-order valence-electron chi connectivity index (χ2n) is 5.86. The van der Waals surface area contributed by atoms with E-state index in [1.807, 2.05) is 6.07 Å². The summed E-state index contributed by atoms with van der Waals surface area (Å²) >= 11 is 5.80. The maximum Gasteiger partial charge on any atom is 0.213 e. The quantitative estimate of drug-likeness (QED) is 0.841. The highest BCUT2D eigenvalue weighted by Crippen LogP contribution is 2.18. The molecule has 21 heavy (non-hydrogen) atoms. The van der Waals surface area contributed by atoms with E-state index in [4.69, 9.17) is 16.3 Å². The fourth-order valence-electron chi connectivity index (χ4n) is 1.91. The average Bonchev–Trinajstić information content (AvgIpc) is 2.48. The Balaban J connectivity index is 1.75. The Morgan fingerprint density at radius 2 is 1.90 bits per heavy atom. The molecule has 0 aliphatic rings. The molecule has 112 valence electrons. The van der Waals surface area contributed by atoms with Crippen LogP contribution in [0.3, 0.4) is 0 Å². The van der Waals surface area contributed by atoms with Crippen molar-refractivity contribution >= 4 is 11.6 Å². The Morgan fingerprint density at radius 3 is 2.57 bits per heavy atom. The van der Waals surface area contributed by atoms with Crippen LogP contribution < -0.4 is 10.1 Å². The Labute approximate surface area is 131 Å². The van der Waals surface area contributed by atoms with Crippen LogP contribution in [0.25, 0.3) is 0 Å². The number of hydrogen-bond acceptors (Lipinski definition) is 3.